The van der Waals surface area contributed by atoms with Crippen LogP contribution in [0.1, 0.15) is 18.9 Å². The normalized spacial score (nSPS) is 23.4. The summed E-state index contributed by atoms with van der Waals surface area (Å²) in [6.07, 6.45) is 0.641. The third-order valence-electron chi connectivity index (χ3n) is 3.62. The Morgan fingerprint density at radius 1 is 1.45 bits per heavy atom. The molecule has 1 fully saturated rings. The molecule has 0 amide bonds. The summed E-state index contributed by atoms with van der Waals surface area (Å²) in [6, 6.07) is 7.00. The SMILES string of the molecule is CC1(C(=O)O)CCN(Cc2ccc(SC(F)F)cc2)C1. The van der Waals surface area contributed by atoms with Gasteiger partial charge in [-0.15, -0.1) is 0 Å². The molecule has 0 radical (unpaired) electrons. The Labute approximate surface area is 121 Å². The minimum Gasteiger partial charge on any atom is -0.481 e. The lowest BCUT2D eigenvalue weighted by Gasteiger charge is -2.20. The lowest BCUT2D eigenvalue weighted by Crippen LogP contribution is -2.31. The highest BCUT2D eigenvalue weighted by molar-refractivity contribution is 7.99. The molecule has 1 heterocycles. The third-order valence-corrected chi connectivity index (χ3v) is 4.35. The molecule has 3 nitrogen and oxygen atoms in total. The zero-order chi connectivity index (χ0) is 14.8. The van der Waals surface area contributed by atoms with Crippen molar-refractivity contribution in [1.29, 1.82) is 0 Å². The molecule has 0 aliphatic carbocycles. The summed E-state index contributed by atoms with van der Waals surface area (Å²) >= 11 is 0.529. The van der Waals surface area contributed by atoms with Crippen molar-refractivity contribution in [2.45, 2.75) is 30.5 Å². The molecule has 1 saturated heterocycles. The second-order valence-electron chi connectivity index (χ2n) is 5.35. The van der Waals surface area contributed by atoms with Gasteiger partial charge in [0, 0.05) is 18.0 Å². The summed E-state index contributed by atoms with van der Waals surface area (Å²) in [6.45, 7) is 3.69. The van der Waals surface area contributed by atoms with Crippen molar-refractivity contribution in [2.24, 2.45) is 5.41 Å². The molecule has 1 N–H and O–H groups in total. The quantitative estimate of drug-likeness (QED) is 0.847. The molecule has 110 valence electrons. The first kappa shape index (κ1) is 15.3. The van der Waals surface area contributed by atoms with Crippen LogP contribution in [0.25, 0.3) is 0 Å². The minimum atomic E-state index is -2.41. The first-order chi connectivity index (χ1) is 9.39. The van der Waals surface area contributed by atoms with E-state index in [1.54, 1.807) is 19.1 Å². The van der Waals surface area contributed by atoms with Crippen LogP contribution in [0.5, 0.6) is 0 Å². The Kier molecular flexibility index (Phi) is 4.65. The number of nitrogens with zero attached hydrogens (tertiary/aromatic N) is 1. The molecule has 1 atom stereocenters. The number of carboxylic acids is 1. The number of rotatable bonds is 5. The molecule has 1 unspecified atom stereocenters. The number of carbonyl (C=O) groups is 1. The largest absolute Gasteiger partial charge is 0.481 e. The topological polar surface area (TPSA) is 40.5 Å². The first-order valence-electron chi connectivity index (χ1n) is 6.38. The van der Waals surface area contributed by atoms with Crippen LogP contribution in [0, 0.1) is 5.41 Å². The van der Waals surface area contributed by atoms with Gasteiger partial charge in [0.25, 0.3) is 5.76 Å². The zero-order valence-electron chi connectivity index (χ0n) is 11.2. The number of alkyl halides is 2. The predicted octanol–water partition coefficient (Wildman–Crippen LogP) is 3.30. The van der Waals surface area contributed by atoms with Gasteiger partial charge in [-0.3, -0.25) is 9.69 Å². The Balaban J connectivity index is 1.93. The minimum absolute atomic E-state index is 0.524. The number of hydrogen-bond acceptors (Lipinski definition) is 3. The fraction of sp³-hybridized carbons (Fsp3) is 0.500. The predicted molar refractivity (Wildman–Crippen MR) is 73.9 cm³/mol. The van der Waals surface area contributed by atoms with Crippen LogP contribution in [0.2, 0.25) is 0 Å². The number of likely N-dealkylation sites (tertiary alicyclic amines) is 1. The molecule has 6 heteroatoms. The zero-order valence-corrected chi connectivity index (χ0v) is 12.0. The van der Waals surface area contributed by atoms with Gasteiger partial charge in [-0.05, 0) is 37.6 Å². The molecule has 0 bridgehead atoms. The third kappa shape index (κ3) is 3.70. The first-order valence-corrected chi connectivity index (χ1v) is 7.26. The Morgan fingerprint density at radius 3 is 2.60 bits per heavy atom. The number of halogens is 2. The van der Waals surface area contributed by atoms with Crippen molar-refractivity contribution >= 4 is 17.7 Å². The highest BCUT2D eigenvalue weighted by atomic mass is 32.2. The summed E-state index contributed by atoms with van der Waals surface area (Å²) in [7, 11) is 0. The highest BCUT2D eigenvalue weighted by Crippen LogP contribution is 2.31. The molecule has 1 aliphatic rings. The fourth-order valence-electron chi connectivity index (χ4n) is 2.40. The van der Waals surface area contributed by atoms with Gasteiger partial charge in [-0.2, -0.15) is 8.78 Å². The Hall–Kier alpha value is -1.14. The molecule has 0 spiro atoms. The molecular formula is C14H17F2NO2S. The van der Waals surface area contributed by atoms with Crippen LogP contribution in [-0.2, 0) is 11.3 Å². The maximum absolute atomic E-state index is 12.2. The number of hydrogen-bond donors (Lipinski definition) is 1. The fourth-order valence-corrected chi connectivity index (χ4v) is 2.90. The standard InChI is InChI=1S/C14H17F2NO2S/c1-14(12(18)19)6-7-17(9-14)8-10-2-4-11(5-3-10)20-13(15)16/h2-5,13H,6-9H2,1H3,(H,18,19). The molecule has 2 rings (SSSR count). The lowest BCUT2D eigenvalue weighted by atomic mass is 9.90. The molecule has 1 aliphatic heterocycles. The van der Waals surface area contributed by atoms with Gasteiger partial charge in [0.05, 0.1) is 5.41 Å². The van der Waals surface area contributed by atoms with Crippen molar-refractivity contribution in [2.75, 3.05) is 13.1 Å². The van der Waals surface area contributed by atoms with E-state index in [1.807, 2.05) is 12.1 Å². The van der Waals surface area contributed by atoms with Crippen molar-refractivity contribution in [1.82, 2.24) is 4.90 Å². The van der Waals surface area contributed by atoms with Crippen molar-refractivity contribution < 1.29 is 18.7 Å². The smallest absolute Gasteiger partial charge is 0.310 e. The van der Waals surface area contributed by atoms with E-state index >= 15 is 0 Å². The average molecular weight is 301 g/mol. The van der Waals surface area contributed by atoms with Gasteiger partial charge in [0.15, 0.2) is 0 Å². The monoisotopic (exact) mass is 301 g/mol. The molecule has 20 heavy (non-hydrogen) atoms. The van der Waals surface area contributed by atoms with E-state index < -0.39 is 17.1 Å². The molecule has 0 aromatic heterocycles. The maximum atomic E-state index is 12.2. The average Bonchev–Trinajstić information content (AvgIpc) is 2.74. The summed E-state index contributed by atoms with van der Waals surface area (Å²) in [5, 5.41) is 9.18. The number of carboxylic acid groups (broad SMARTS) is 1. The van der Waals surface area contributed by atoms with Crippen molar-refractivity contribution in [3.63, 3.8) is 0 Å². The molecule has 1 aromatic carbocycles. The van der Waals surface area contributed by atoms with Gasteiger partial charge in [0.1, 0.15) is 0 Å². The van der Waals surface area contributed by atoms with Gasteiger partial charge >= 0.3 is 5.97 Å². The van der Waals surface area contributed by atoms with Crippen LogP contribution in [0.15, 0.2) is 29.2 Å². The van der Waals surface area contributed by atoms with Crippen LogP contribution in [-0.4, -0.2) is 34.8 Å². The van der Waals surface area contributed by atoms with Crippen LogP contribution < -0.4 is 0 Å². The van der Waals surface area contributed by atoms with Crippen LogP contribution >= 0.6 is 11.8 Å². The van der Waals surface area contributed by atoms with Gasteiger partial charge in [0.2, 0.25) is 0 Å². The van der Waals surface area contributed by atoms with Crippen LogP contribution in [0.3, 0.4) is 0 Å². The van der Waals surface area contributed by atoms with Crippen molar-refractivity contribution in [3.8, 4) is 0 Å². The van der Waals surface area contributed by atoms with Gasteiger partial charge < -0.3 is 5.11 Å². The van der Waals surface area contributed by atoms with Gasteiger partial charge in [-0.1, -0.05) is 23.9 Å². The van der Waals surface area contributed by atoms with E-state index in [0.29, 0.717) is 36.2 Å². The Morgan fingerprint density at radius 2 is 2.10 bits per heavy atom. The van der Waals surface area contributed by atoms with E-state index in [-0.39, 0.29) is 0 Å². The Bertz CT molecular complexity index is 481. The summed E-state index contributed by atoms with van der Waals surface area (Å²) < 4.78 is 24.4. The van der Waals surface area contributed by atoms with Crippen LogP contribution in [0.4, 0.5) is 8.78 Å². The van der Waals surface area contributed by atoms with Crippen molar-refractivity contribution in [3.05, 3.63) is 29.8 Å². The number of aliphatic carboxylic acids is 1. The van der Waals surface area contributed by atoms with Gasteiger partial charge in [-0.25, -0.2) is 0 Å². The highest BCUT2D eigenvalue weighted by Gasteiger charge is 2.40. The maximum Gasteiger partial charge on any atom is 0.310 e. The lowest BCUT2D eigenvalue weighted by molar-refractivity contribution is -0.147. The van der Waals surface area contributed by atoms with E-state index in [0.717, 1.165) is 12.1 Å². The van der Waals surface area contributed by atoms with E-state index in [9.17, 15) is 18.7 Å². The summed E-state index contributed by atoms with van der Waals surface area (Å²) in [4.78, 5) is 13.8. The molecule has 0 saturated carbocycles. The molecular weight excluding hydrogens is 284 g/mol. The summed E-state index contributed by atoms with van der Waals surface area (Å²) in [5.74, 6) is -3.17. The second-order valence-corrected chi connectivity index (χ2v) is 6.41. The second kappa shape index (κ2) is 6.10. The molecule has 1 aromatic rings. The van der Waals surface area contributed by atoms with E-state index in [4.69, 9.17) is 0 Å². The van der Waals surface area contributed by atoms with E-state index in [1.165, 1.54) is 0 Å². The number of thioether (sulfide) groups is 1. The summed E-state index contributed by atoms with van der Waals surface area (Å²) in [5.41, 5.74) is 0.337. The van der Waals surface area contributed by atoms with E-state index in [2.05, 4.69) is 4.90 Å². The number of benzene rings is 1.